The van der Waals surface area contributed by atoms with Crippen molar-refractivity contribution in [3.05, 3.63) is 94.5 Å². The summed E-state index contributed by atoms with van der Waals surface area (Å²) in [6.07, 6.45) is -1.14. The number of hydrogen-bond donors (Lipinski definition) is 2. The van der Waals surface area contributed by atoms with Gasteiger partial charge in [0.2, 0.25) is 6.17 Å². The van der Waals surface area contributed by atoms with Crippen molar-refractivity contribution in [2.45, 2.75) is 6.17 Å². The quantitative estimate of drug-likeness (QED) is 0.673. The number of rotatable bonds is 4. The molecule has 0 radical (unpaired) electrons. The van der Waals surface area contributed by atoms with E-state index in [1.54, 1.807) is 42.5 Å². The lowest BCUT2D eigenvalue weighted by atomic mass is 10.0. The first-order valence-electron chi connectivity index (χ1n) is 9.24. The molecule has 2 amide bonds. The SMILES string of the molecule is COc1ccccc1C(=O)NC1N=C(c2ccccc2)c2cc(Cl)ccc2NC1=O. The molecule has 1 unspecified atom stereocenters. The van der Waals surface area contributed by atoms with Crippen LogP contribution in [0.25, 0.3) is 0 Å². The molecule has 6 nitrogen and oxygen atoms in total. The van der Waals surface area contributed by atoms with E-state index in [0.717, 1.165) is 5.56 Å². The number of nitrogens with one attached hydrogen (secondary N) is 2. The zero-order chi connectivity index (χ0) is 21.1. The normalized spacial score (nSPS) is 15.3. The van der Waals surface area contributed by atoms with E-state index in [2.05, 4.69) is 15.6 Å². The molecule has 1 aliphatic heterocycles. The lowest BCUT2D eigenvalue weighted by Crippen LogP contribution is -2.42. The lowest BCUT2D eigenvalue weighted by molar-refractivity contribution is -0.117. The lowest BCUT2D eigenvalue weighted by Gasteiger charge is -2.14. The standard InChI is InChI=1S/C23H18ClN3O3/c1-30-19-10-6-5-9-16(19)22(28)27-21-23(29)25-18-12-11-15(24)13-17(18)20(26-21)14-7-3-2-4-8-14/h2-13,21H,1H3,(H,25,29)(H,27,28). The van der Waals surface area contributed by atoms with Crippen LogP contribution in [0.4, 0.5) is 5.69 Å². The number of methoxy groups -OCH3 is 1. The fraction of sp³-hybridized carbons (Fsp3) is 0.0870. The van der Waals surface area contributed by atoms with Crippen LogP contribution in [-0.2, 0) is 4.79 Å². The number of anilines is 1. The highest BCUT2D eigenvalue weighted by atomic mass is 35.5. The van der Waals surface area contributed by atoms with Crippen molar-refractivity contribution in [2.24, 2.45) is 4.99 Å². The highest BCUT2D eigenvalue weighted by molar-refractivity contribution is 6.32. The maximum absolute atomic E-state index is 12.9. The Morgan fingerprint density at radius 2 is 1.80 bits per heavy atom. The van der Waals surface area contributed by atoms with Gasteiger partial charge >= 0.3 is 0 Å². The zero-order valence-corrected chi connectivity index (χ0v) is 16.8. The number of hydrogen-bond acceptors (Lipinski definition) is 4. The topological polar surface area (TPSA) is 79.8 Å². The van der Waals surface area contributed by atoms with Gasteiger partial charge in [0.25, 0.3) is 11.8 Å². The van der Waals surface area contributed by atoms with Crippen LogP contribution in [0.5, 0.6) is 5.75 Å². The van der Waals surface area contributed by atoms with Gasteiger partial charge in [-0.1, -0.05) is 54.1 Å². The Labute approximate surface area is 178 Å². The largest absolute Gasteiger partial charge is 0.496 e. The maximum atomic E-state index is 12.9. The van der Waals surface area contributed by atoms with Crippen molar-refractivity contribution >= 4 is 34.8 Å². The van der Waals surface area contributed by atoms with Crippen LogP contribution in [-0.4, -0.2) is 30.8 Å². The first-order valence-corrected chi connectivity index (χ1v) is 9.62. The third-order valence-electron chi connectivity index (χ3n) is 4.67. The van der Waals surface area contributed by atoms with Crippen molar-refractivity contribution in [1.29, 1.82) is 0 Å². The van der Waals surface area contributed by atoms with Crippen LogP contribution in [0, 0.1) is 0 Å². The molecule has 0 saturated carbocycles. The summed E-state index contributed by atoms with van der Waals surface area (Å²) in [4.78, 5) is 30.3. The number of ether oxygens (including phenoxy) is 1. The second-order valence-corrected chi connectivity index (χ2v) is 7.04. The number of halogens is 1. The van der Waals surface area contributed by atoms with E-state index in [1.165, 1.54) is 7.11 Å². The van der Waals surface area contributed by atoms with Gasteiger partial charge in [-0.15, -0.1) is 0 Å². The number of aliphatic imine (C=N–C) groups is 1. The van der Waals surface area contributed by atoms with Gasteiger partial charge in [0.15, 0.2) is 0 Å². The molecule has 0 spiro atoms. The van der Waals surface area contributed by atoms with E-state index in [0.29, 0.717) is 33.3 Å². The molecule has 30 heavy (non-hydrogen) atoms. The minimum Gasteiger partial charge on any atom is -0.496 e. The van der Waals surface area contributed by atoms with Crippen LogP contribution >= 0.6 is 11.6 Å². The first-order chi connectivity index (χ1) is 14.6. The Bertz CT molecular complexity index is 1150. The molecule has 1 heterocycles. The number of amides is 2. The molecule has 3 aromatic carbocycles. The van der Waals surface area contributed by atoms with Crippen LogP contribution < -0.4 is 15.4 Å². The van der Waals surface area contributed by atoms with Crippen LogP contribution in [0.1, 0.15) is 21.5 Å². The van der Waals surface area contributed by atoms with Gasteiger partial charge in [0.1, 0.15) is 5.75 Å². The predicted octanol–water partition coefficient (Wildman–Crippen LogP) is 3.89. The van der Waals surface area contributed by atoms with Gasteiger partial charge in [-0.05, 0) is 30.3 Å². The average molecular weight is 420 g/mol. The molecule has 3 aromatic rings. The maximum Gasteiger partial charge on any atom is 0.269 e. The summed E-state index contributed by atoms with van der Waals surface area (Å²) in [5, 5.41) is 6.04. The Morgan fingerprint density at radius 1 is 1.07 bits per heavy atom. The summed E-state index contributed by atoms with van der Waals surface area (Å²) >= 11 is 6.20. The summed E-state index contributed by atoms with van der Waals surface area (Å²) < 4.78 is 5.25. The van der Waals surface area contributed by atoms with E-state index in [9.17, 15) is 9.59 Å². The molecule has 1 aliphatic rings. The number of benzene rings is 3. The molecular formula is C23H18ClN3O3. The molecular weight excluding hydrogens is 402 g/mol. The molecule has 7 heteroatoms. The summed E-state index contributed by atoms with van der Waals surface area (Å²) in [7, 11) is 1.48. The second kappa shape index (κ2) is 8.39. The van der Waals surface area contributed by atoms with Crippen molar-refractivity contribution in [3.63, 3.8) is 0 Å². The number of benzodiazepines with no additional fused rings is 1. The number of para-hydroxylation sites is 1. The molecule has 1 atom stereocenters. The van der Waals surface area contributed by atoms with Gasteiger partial charge in [-0.3, -0.25) is 9.59 Å². The minimum atomic E-state index is -1.14. The van der Waals surface area contributed by atoms with Gasteiger partial charge < -0.3 is 15.4 Å². The van der Waals surface area contributed by atoms with Gasteiger partial charge in [-0.25, -0.2) is 4.99 Å². The van der Waals surface area contributed by atoms with Crippen LogP contribution in [0.3, 0.4) is 0 Å². The van der Waals surface area contributed by atoms with E-state index in [1.807, 2.05) is 30.3 Å². The third kappa shape index (κ3) is 3.90. The molecule has 2 N–H and O–H groups in total. The monoisotopic (exact) mass is 419 g/mol. The fourth-order valence-electron chi connectivity index (χ4n) is 3.24. The summed E-state index contributed by atoms with van der Waals surface area (Å²) in [5.74, 6) is -0.508. The van der Waals surface area contributed by atoms with Crippen molar-refractivity contribution in [1.82, 2.24) is 5.32 Å². The first kappa shape index (κ1) is 19.7. The van der Waals surface area contributed by atoms with E-state index >= 15 is 0 Å². The molecule has 0 fully saturated rings. The summed E-state index contributed by atoms with van der Waals surface area (Å²) in [5.41, 5.74) is 2.91. The Morgan fingerprint density at radius 3 is 2.57 bits per heavy atom. The molecule has 4 rings (SSSR count). The zero-order valence-electron chi connectivity index (χ0n) is 16.1. The van der Waals surface area contributed by atoms with E-state index in [4.69, 9.17) is 16.3 Å². The number of carbonyl (C=O) groups is 2. The highest BCUT2D eigenvalue weighted by Crippen LogP contribution is 2.27. The number of nitrogens with zero attached hydrogens (tertiary/aromatic N) is 1. The third-order valence-corrected chi connectivity index (χ3v) is 4.90. The second-order valence-electron chi connectivity index (χ2n) is 6.60. The Hall–Kier alpha value is -3.64. The number of carbonyl (C=O) groups excluding carboxylic acids is 2. The molecule has 0 aliphatic carbocycles. The Balaban J connectivity index is 1.76. The van der Waals surface area contributed by atoms with Crippen LogP contribution in [0.2, 0.25) is 5.02 Å². The summed E-state index contributed by atoms with van der Waals surface area (Å²) in [6.45, 7) is 0. The highest BCUT2D eigenvalue weighted by Gasteiger charge is 2.28. The van der Waals surface area contributed by atoms with E-state index in [-0.39, 0.29) is 0 Å². The smallest absolute Gasteiger partial charge is 0.269 e. The fourth-order valence-corrected chi connectivity index (χ4v) is 3.41. The van der Waals surface area contributed by atoms with Crippen LogP contribution in [0.15, 0.2) is 77.8 Å². The van der Waals surface area contributed by atoms with Gasteiger partial charge in [0.05, 0.1) is 24.1 Å². The van der Waals surface area contributed by atoms with Gasteiger partial charge in [-0.2, -0.15) is 0 Å². The van der Waals surface area contributed by atoms with Crippen molar-refractivity contribution in [3.8, 4) is 5.75 Å². The predicted molar refractivity (Wildman–Crippen MR) is 116 cm³/mol. The van der Waals surface area contributed by atoms with Crippen molar-refractivity contribution in [2.75, 3.05) is 12.4 Å². The molecule has 0 aromatic heterocycles. The summed E-state index contributed by atoms with van der Waals surface area (Å²) in [6, 6.07) is 21.4. The number of fused-ring (bicyclic) bond motifs is 1. The average Bonchev–Trinajstić information content (AvgIpc) is 2.90. The minimum absolute atomic E-state index is 0.314. The van der Waals surface area contributed by atoms with Gasteiger partial charge in [0, 0.05) is 16.1 Å². The van der Waals surface area contributed by atoms with Crippen molar-refractivity contribution < 1.29 is 14.3 Å². The Kier molecular flexibility index (Phi) is 5.50. The molecule has 0 saturated heterocycles. The molecule has 150 valence electrons. The molecule has 0 bridgehead atoms. The van der Waals surface area contributed by atoms with E-state index < -0.39 is 18.0 Å².